The molecule has 1 heterocycles. The molecule has 3 aromatic carbocycles. The summed E-state index contributed by atoms with van der Waals surface area (Å²) in [5.41, 5.74) is 2.12. The molecule has 0 unspecified atom stereocenters. The lowest BCUT2D eigenvalue weighted by molar-refractivity contribution is -0.384. The van der Waals surface area contributed by atoms with Crippen LogP contribution in [0.15, 0.2) is 60.7 Å². The Kier molecular flexibility index (Phi) is 4.44. The van der Waals surface area contributed by atoms with Gasteiger partial charge in [-0.2, -0.15) is 0 Å². The summed E-state index contributed by atoms with van der Waals surface area (Å²) < 4.78 is 5.84. The molecule has 8 nitrogen and oxygen atoms in total. The van der Waals surface area contributed by atoms with Gasteiger partial charge in [0.2, 0.25) is 0 Å². The van der Waals surface area contributed by atoms with Gasteiger partial charge in [0.15, 0.2) is 5.75 Å². The molecule has 0 saturated carbocycles. The minimum absolute atomic E-state index is 0.137. The molecule has 8 heteroatoms. The Hall–Kier alpha value is -4.20. The topological polar surface area (TPSA) is 111 Å². The third kappa shape index (κ3) is 3.63. The number of aryl methyl sites for hydroxylation is 1. The number of nitrogens with zero attached hydrogens (tertiary/aromatic N) is 1. The molecule has 0 bridgehead atoms. The Morgan fingerprint density at radius 3 is 2.66 bits per heavy atom. The van der Waals surface area contributed by atoms with Crippen LogP contribution in [0.5, 0.6) is 11.5 Å². The number of fused-ring (bicyclic) bond motifs is 2. The van der Waals surface area contributed by atoms with Gasteiger partial charge in [-0.3, -0.25) is 19.7 Å². The number of anilines is 2. The smallest absolute Gasteiger partial charge is 0.270 e. The van der Waals surface area contributed by atoms with E-state index in [0.29, 0.717) is 22.9 Å². The van der Waals surface area contributed by atoms with Crippen LogP contribution in [0.3, 0.4) is 0 Å². The highest BCUT2D eigenvalue weighted by molar-refractivity contribution is 6.10. The molecule has 0 atom stereocenters. The molecule has 2 N–H and O–H groups in total. The Balaban J connectivity index is 1.61. The molecule has 0 radical (unpaired) electrons. The highest BCUT2D eigenvalue weighted by atomic mass is 16.6. The first-order valence-corrected chi connectivity index (χ1v) is 8.70. The van der Waals surface area contributed by atoms with Crippen LogP contribution in [-0.2, 0) is 0 Å². The van der Waals surface area contributed by atoms with E-state index in [1.165, 1.54) is 30.3 Å². The predicted octanol–water partition coefficient (Wildman–Crippen LogP) is 4.51. The molecule has 29 heavy (non-hydrogen) atoms. The van der Waals surface area contributed by atoms with Gasteiger partial charge in [0, 0.05) is 23.4 Å². The molecule has 0 aromatic heterocycles. The summed E-state index contributed by atoms with van der Waals surface area (Å²) in [6.45, 7) is 1.91. The zero-order valence-corrected chi connectivity index (χ0v) is 15.3. The van der Waals surface area contributed by atoms with Crippen LogP contribution in [0.1, 0.15) is 26.3 Å². The van der Waals surface area contributed by atoms with E-state index in [-0.39, 0.29) is 22.7 Å². The standard InChI is InChI=1S/C21H15N3O5/c1-12-5-7-19-17(9-12)23-21(26)16-11-14(6-8-18(16)29-19)22-20(25)13-3-2-4-15(10-13)24(27)28/h2-11H,1H3,(H,22,25)(H,23,26). The van der Waals surface area contributed by atoms with E-state index < -0.39 is 10.8 Å². The molecule has 2 amide bonds. The minimum Gasteiger partial charge on any atom is -0.454 e. The number of nitro groups is 1. The maximum absolute atomic E-state index is 12.6. The number of benzene rings is 3. The van der Waals surface area contributed by atoms with Crippen molar-refractivity contribution in [2.45, 2.75) is 6.92 Å². The van der Waals surface area contributed by atoms with E-state index in [0.717, 1.165) is 5.56 Å². The monoisotopic (exact) mass is 389 g/mol. The molecular weight excluding hydrogens is 374 g/mol. The number of amides is 2. The number of ether oxygens (including phenoxy) is 1. The lowest BCUT2D eigenvalue weighted by atomic mass is 10.1. The Morgan fingerprint density at radius 2 is 1.86 bits per heavy atom. The number of nitro benzene ring substituents is 1. The minimum atomic E-state index is -0.569. The fraction of sp³-hybridized carbons (Fsp3) is 0.0476. The molecular formula is C21H15N3O5. The van der Waals surface area contributed by atoms with Crippen molar-refractivity contribution in [2.24, 2.45) is 0 Å². The third-order valence-corrected chi connectivity index (χ3v) is 4.40. The number of rotatable bonds is 3. The largest absolute Gasteiger partial charge is 0.454 e. The van der Waals surface area contributed by atoms with Crippen LogP contribution in [0.4, 0.5) is 17.1 Å². The van der Waals surface area contributed by atoms with Gasteiger partial charge < -0.3 is 15.4 Å². The fourth-order valence-electron chi connectivity index (χ4n) is 2.98. The second kappa shape index (κ2) is 7.08. The number of hydrogen-bond acceptors (Lipinski definition) is 5. The maximum atomic E-state index is 12.6. The molecule has 3 aromatic rings. The van der Waals surface area contributed by atoms with Crippen LogP contribution in [0.25, 0.3) is 0 Å². The highest BCUT2D eigenvalue weighted by Gasteiger charge is 2.22. The van der Waals surface area contributed by atoms with Crippen molar-refractivity contribution in [1.82, 2.24) is 0 Å². The van der Waals surface area contributed by atoms with Crippen LogP contribution in [0, 0.1) is 17.0 Å². The van der Waals surface area contributed by atoms with Gasteiger partial charge >= 0.3 is 0 Å². The van der Waals surface area contributed by atoms with Gasteiger partial charge in [-0.1, -0.05) is 12.1 Å². The van der Waals surface area contributed by atoms with Crippen molar-refractivity contribution in [3.63, 3.8) is 0 Å². The number of hydrogen-bond donors (Lipinski definition) is 2. The normalized spacial score (nSPS) is 12.0. The van der Waals surface area contributed by atoms with E-state index in [4.69, 9.17) is 4.74 Å². The van der Waals surface area contributed by atoms with Gasteiger partial charge in [-0.15, -0.1) is 0 Å². The zero-order chi connectivity index (χ0) is 20.5. The zero-order valence-electron chi connectivity index (χ0n) is 15.3. The van der Waals surface area contributed by atoms with Crippen molar-refractivity contribution >= 4 is 28.9 Å². The average molecular weight is 389 g/mol. The second-order valence-electron chi connectivity index (χ2n) is 6.53. The quantitative estimate of drug-likeness (QED) is 0.506. The molecule has 0 saturated heterocycles. The first kappa shape index (κ1) is 18.2. The third-order valence-electron chi connectivity index (χ3n) is 4.40. The Labute approximate surface area is 165 Å². The van der Waals surface area contributed by atoms with Crippen molar-refractivity contribution in [2.75, 3.05) is 10.6 Å². The van der Waals surface area contributed by atoms with Crippen molar-refractivity contribution in [1.29, 1.82) is 0 Å². The van der Waals surface area contributed by atoms with Crippen molar-refractivity contribution in [3.05, 3.63) is 87.5 Å². The summed E-state index contributed by atoms with van der Waals surface area (Å²) in [5, 5.41) is 16.3. The second-order valence-corrected chi connectivity index (χ2v) is 6.53. The maximum Gasteiger partial charge on any atom is 0.270 e. The fourth-order valence-corrected chi connectivity index (χ4v) is 2.98. The SMILES string of the molecule is Cc1ccc2c(c1)NC(=O)c1cc(NC(=O)c3cccc([N+](=O)[O-])c3)ccc1O2. The molecule has 0 aliphatic carbocycles. The Bertz CT molecular complexity index is 1170. The molecule has 1 aliphatic rings. The highest BCUT2D eigenvalue weighted by Crippen LogP contribution is 2.37. The van der Waals surface area contributed by atoms with Crippen LogP contribution in [0.2, 0.25) is 0 Å². The van der Waals surface area contributed by atoms with Gasteiger partial charge in [-0.25, -0.2) is 0 Å². The molecule has 0 fully saturated rings. The summed E-state index contributed by atoms with van der Waals surface area (Å²) in [6, 6.07) is 15.6. The predicted molar refractivity (Wildman–Crippen MR) is 107 cm³/mol. The van der Waals surface area contributed by atoms with Gasteiger partial charge in [-0.05, 0) is 48.9 Å². The van der Waals surface area contributed by atoms with E-state index in [2.05, 4.69) is 10.6 Å². The van der Waals surface area contributed by atoms with Crippen LogP contribution >= 0.6 is 0 Å². The number of carbonyl (C=O) groups is 2. The number of carbonyl (C=O) groups excluding carboxylic acids is 2. The van der Waals surface area contributed by atoms with Crippen molar-refractivity contribution < 1.29 is 19.2 Å². The van der Waals surface area contributed by atoms with E-state index in [9.17, 15) is 19.7 Å². The lowest BCUT2D eigenvalue weighted by Crippen LogP contribution is -2.14. The summed E-state index contributed by atoms with van der Waals surface area (Å²) in [5.74, 6) is -0.00663. The van der Waals surface area contributed by atoms with Crippen LogP contribution < -0.4 is 15.4 Å². The number of non-ortho nitro benzene ring substituents is 1. The lowest BCUT2D eigenvalue weighted by Gasteiger charge is -2.10. The summed E-state index contributed by atoms with van der Waals surface area (Å²) >= 11 is 0. The van der Waals surface area contributed by atoms with Gasteiger partial charge in [0.25, 0.3) is 17.5 Å². The number of nitrogens with one attached hydrogen (secondary N) is 2. The van der Waals surface area contributed by atoms with Gasteiger partial charge in [0.1, 0.15) is 5.75 Å². The summed E-state index contributed by atoms with van der Waals surface area (Å²) in [4.78, 5) is 35.4. The van der Waals surface area contributed by atoms with E-state index in [1.807, 2.05) is 19.1 Å². The molecule has 4 rings (SSSR count). The van der Waals surface area contributed by atoms with E-state index >= 15 is 0 Å². The summed E-state index contributed by atoms with van der Waals surface area (Å²) in [7, 11) is 0. The average Bonchev–Trinajstić information content (AvgIpc) is 2.83. The summed E-state index contributed by atoms with van der Waals surface area (Å²) in [6.07, 6.45) is 0. The first-order valence-electron chi connectivity index (χ1n) is 8.70. The molecule has 1 aliphatic heterocycles. The molecule has 0 spiro atoms. The Morgan fingerprint density at radius 1 is 1.07 bits per heavy atom. The van der Waals surface area contributed by atoms with Crippen LogP contribution in [-0.4, -0.2) is 16.7 Å². The first-order chi connectivity index (χ1) is 13.9. The van der Waals surface area contributed by atoms with E-state index in [1.54, 1.807) is 18.2 Å². The van der Waals surface area contributed by atoms with Gasteiger partial charge in [0.05, 0.1) is 16.2 Å². The molecule has 144 valence electrons. The van der Waals surface area contributed by atoms with Crippen molar-refractivity contribution in [3.8, 4) is 11.5 Å².